The topological polar surface area (TPSA) is 87.7 Å². The normalized spacial score (nSPS) is 16.3. The van der Waals surface area contributed by atoms with Crippen LogP contribution >= 0.6 is 0 Å². The molecular weight excluding hydrogens is 272 g/mol. The molecule has 0 heterocycles. The molecule has 122 valence electrons. The van der Waals surface area contributed by atoms with E-state index in [1.165, 1.54) is 12.8 Å². The molecule has 0 radical (unpaired) electrons. The lowest BCUT2D eigenvalue weighted by Gasteiger charge is -2.23. The first-order valence-corrected chi connectivity index (χ1v) is 7.60. The van der Waals surface area contributed by atoms with E-state index in [0.29, 0.717) is 25.5 Å². The Balaban J connectivity index is 2.12. The van der Waals surface area contributed by atoms with E-state index in [1.807, 2.05) is 20.8 Å². The first-order valence-electron chi connectivity index (χ1n) is 7.60. The summed E-state index contributed by atoms with van der Waals surface area (Å²) in [6, 6.07) is -0.342. The number of carbonyl (C=O) groups excluding carboxylic acids is 1. The fraction of sp³-hybridized carbons (Fsp3) is 0.867. The Labute approximate surface area is 126 Å². The van der Waals surface area contributed by atoms with Crippen molar-refractivity contribution in [2.24, 2.45) is 17.3 Å². The van der Waals surface area contributed by atoms with Crippen LogP contribution in [0.2, 0.25) is 0 Å². The Morgan fingerprint density at radius 2 is 1.95 bits per heavy atom. The number of carbonyl (C=O) groups is 2. The van der Waals surface area contributed by atoms with E-state index in [0.717, 1.165) is 6.61 Å². The van der Waals surface area contributed by atoms with Gasteiger partial charge < -0.3 is 20.5 Å². The lowest BCUT2D eigenvalue weighted by atomic mass is 9.84. The van der Waals surface area contributed by atoms with E-state index in [-0.39, 0.29) is 18.0 Å². The highest BCUT2D eigenvalue weighted by molar-refractivity contribution is 5.75. The van der Waals surface area contributed by atoms with E-state index in [4.69, 9.17) is 9.84 Å². The van der Waals surface area contributed by atoms with Crippen molar-refractivity contribution in [1.29, 1.82) is 0 Å². The number of carboxylic acid groups (broad SMARTS) is 1. The SMILES string of the molecule is CC(C)(C)CC(CNC(=O)NCCOCC1CC1)C(=O)O. The standard InChI is InChI=1S/C15H28N2O4/c1-15(2,3)8-12(13(18)19)9-17-14(20)16-6-7-21-10-11-4-5-11/h11-12H,4-10H2,1-3H3,(H,18,19)(H2,16,17,20). The second-order valence-corrected chi connectivity index (χ2v) is 6.96. The largest absolute Gasteiger partial charge is 0.481 e. The summed E-state index contributed by atoms with van der Waals surface area (Å²) in [7, 11) is 0. The molecule has 0 aromatic heterocycles. The van der Waals surface area contributed by atoms with Crippen molar-refractivity contribution in [2.45, 2.75) is 40.0 Å². The van der Waals surface area contributed by atoms with Gasteiger partial charge in [0.05, 0.1) is 12.5 Å². The van der Waals surface area contributed by atoms with E-state index in [9.17, 15) is 9.59 Å². The Hall–Kier alpha value is -1.30. The van der Waals surface area contributed by atoms with Crippen LogP contribution in [0.5, 0.6) is 0 Å². The van der Waals surface area contributed by atoms with Crippen molar-refractivity contribution < 1.29 is 19.4 Å². The molecule has 0 spiro atoms. The first-order chi connectivity index (χ1) is 9.78. The van der Waals surface area contributed by atoms with Gasteiger partial charge in [0.25, 0.3) is 0 Å². The molecular formula is C15H28N2O4. The lowest BCUT2D eigenvalue weighted by molar-refractivity contribution is -0.142. The fourth-order valence-corrected chi connectivity index (χ4v) is 2.04. The van der Waals surface area contributed by atoms with Gasteiger partial charge in [-0.15, -0.1) is 0 Å². The van der Waals surface area contributed by atoms with Gasteiger partial charge in [-0.25, -0.2) is 4.79 Å². The highest BCUT2D eigenvalue weighted by atomic mass is 16.5. The third kappa shape index (κ3) is 9.28. The van der Waals surface area contributed by atoms with Gasteiger partial charge in [0.2, 0.25) is 0 Å². The van der Waals surface area contributed by atoms with Crippen LogP contribution in [0.1, 0.15) is 40.0 Å². The summed E-state index contributed by atoms with van der Waals surface area (Å²) in [5, 5.41) is 14.4. The first kappa shape index (κ1) is 17.8. The zero-order valence-corrected chi connectivity index (χ0v) is 13.3. The number of hydrogen-bond donors (Lipinski definition) is 3. The third-order valence-electron chi connectivity index (χ3n) is 3.30. The predicted octanol–water partition coefficient (Wildman–Crippen LogP) is 1.85. The number of carboxylic acids is 1. The number of hydrogen-bond acceptors (Lipinski definition) is 3. The van der Waals surface area contributed by atoms with Crippen LogP contribution in [0.15, 0.2) is 0 Å². The summed E-state index contributed by atoms with van der Waals surface area (Å²) in [5.41, 5.74) is -0.0855. The van der Waals surface area contributed by atoms with Crippen molar-refractivity contribution in [1.82, 2.24) is 10.6 Å². The Morgan fingerprint density at radius 3 is 2.48 bits per heavy atom. The Kier molecular flexibility index (Phi) is 6.95. The molecule has 1 aliphatic carbocycles. The van der Waals surface area contributed by atoms with Gasteiger partial charge in [-0.1, -0.05) is 20.8 Å². The molecule has 6 heteroatoms. The molecule has 0 aromatic carbocycles. The van der Waals surface area contributed by atoms with E-state index in [2.05, 4.69) is 10.6 Å². The summed E-state index contributed by atoms with van der Waals surface area (Å²) in [4.78, 5) is 22.7. The number of aliphatic carboxylic acids is 1. The van der Waals surface area contributed by atoms with Crippen molar-refractivity contribution >= 4 is 12.0 Å². The van der Waals surface area contributed by atoms with Crippen LogP contribution < -0.4 is 10.6 Å². The molecule has 1 atom stereocenters. The van der Waals surface area contributed by atoms with Crippen molar-refractivity contribution in [3.63, 3.8) is 0 Å². The van der Waals surface area contributed by atoms with Crippen LogP contribution in [-0.4, -0.2) is 43.4 Å². The fourth-order valence-electron chi connectivity index (χ4n) is 2.04. The van der Waals surface area contributed by atoms with Crippen molar-refractivity contribution in [3.05, 3.63) is 0 Å². The minimum absolute atomic E-state index is 0.0855. The van der Waals surface area contributed by atoms with E-state index >= 15 is 0 Å². The Bertz CT molecular complexity index is 348. The van der Waals surface area contributed by atoms with Gasteiger partial charge in [-0.2, -0.15) is 0 Å². The van der Waals surface area contributed by atoms with E-state index in [1.54, 1.807) is 0 Å². The van der Waals surface area contributed by atoms with E-state index < -0.39 is 11.9 Å². The summed E-state index contributed by atoms with van der Waals surface area (Å²) in [6.45, 7) is 7.81. The molecule has 2 amide bonds. The quantitative estimate of drug-likeness (QED) is 0.567. The van der Waals surface area contributed by atoms with Gasteiger partial charge >= 0.3 is 12.0 Å². The second-order valence-electron chi connectivity index (χ2n) is 6.96. The lowest BCUT2D eigenvalue weighted by Crippen LogP contribution is -2.41. The van der Waals surface area contributed by atoms with Crippen LogP contribution in [0.4, 0.5) is 4.79 Å². The molecule has 0 aromatic rings. The maximum atomic E-state index is 11.6. The van der Waals surface area contributed by atoms with Crippen LogP contribution in [0.3, 0.4) is 0 Å². The second kappa shape index (κ2) is 8.22. The average Bonchev–Trinajstić information content (AvgIpc) is 3.16. The molecule has 0 saturated heterocycles. The molecule has 1 saturated carbocycles. The number of nitrogens with one attached hydrogen (secondary N) is 2. The van der Waals surface area contributed by atoms with Gasteiger partial charge in [0.1, 0.15) is 0 Å². The number of rotatable bonds is 9. The summed E-state index contributed by atoms with van der Waals surface area (Å²) < 4.78 is 5.40. The monoisotopic (exact) mass is 300 g/mol. The molecule has 1 fully saturated rings. The number of amides is 2. The minimum Gasteiger partial charge on any atom is -0.481 e. The molecule has 1 aliphatic rings. The highest BCUT2D eigenvalue weighted by Crippen LogP contribution is 2.28. The van der Waals surface area contributed by atoms with Crippen molar-refractivity contribution in [3.8, 4) is 0 Å². The molecule has 0 bridgehead atoms. The van der Waals surface area contributed by atoms with Gasteiger partial charge in [-0.3, -0.25) is 4.79 Å². The summed E-state index contributed by atoms with van der Waals surface area (Å²) >= 11 is 0. The number of urea groups is 1. The average molecular weight is 300 g/mol. The molecule has 6 nitrogen and oxygen atoms in total. The third-order valence-corrected chi connectivity index (χ3v) is 3.30. The summed E-state index contributed by atoms with van der Waals surface area (Å²) in [5.74, 6) is -0.729. The number of ether oxygens (including phenoxy) is 1. The molecule has 1 rings (SSSR count). The van der Waals surface area contributed by atoms with Gasteiger partial charge in [0.15, 0.2) is 0 Å². The van der Waals surface area contributed by atoms with Crippen molar-refractivity contribution in [2.75, 3.05) is 26.3 Å². The van der Waals surface area contributed by atoms with Gasteiger partial charge in [0, 0.05) is 19.7 Å². The minimum atomic E-state index is -0.877. The predicted molar refractivity (Wildman–Crippen MR) is 80.1 cm³/mol. The molecule has 3 N–H and O–H groups in total. The van der Waals surface area contributed by atoms with Crippen LogP contribution in [-0.2, 0) is 9.53 Å². The zero-order valence-electron chi connectivity index (χ0n) is 13.3. The van der Waals surface area contributed by atoms with Crippen LogP contribution in [0.25, 0.3) is 0 Å². The smallest absolute Gasteiger partial charge is 0.314 e. The summed E-state index contributed by atoms with van der Waals surface area (Å²) in [6.07, 6.45) is 3.02. The zero-order chi connectivity index (χ0) is 15.9. The molecule has 0 aliphatic heterocycles. The molecule has 21 heavy (non-hydrogen) atoms. The highest BCUT2D eigenvalue weighted by Gasteiger charge is 2.25. The molecule has 1 unspecified atom stereocenters. The van der Waals surface area contributed by atoms with Crippen LogP contribution in [0, 0.1) is 17.3 Å². The maximum absolute atomic E-state index is 11.6. The maximum Gasteiger partial charge on any atom is 0.314 e. The Morgan fingerprint density at radius 1 is 1.29 bits per heavy atom. The van der Waals surface area contributed by atoms with Gasteiger partial charge in [-0.05, 0) is 30.6 Å².